The highest BCUT2D eigenvalue weighted by Crippen LogP contribution is 2.26. The molecule has 0 fully saturated rings. The van der Waals surface area contributed by atoms with Crippen molar-refractivity contribution in [3.63, 3.8) is 0 Å². The molecule has 0 unspecified atom stereocenters. The van der Waals surface area contributed by atoms with E-state index >= 15 is 0 Å². The van der Waals surface area contributed by atoms with Gasteiger partial charge in [-0.3, -0.25) is 4.57 Å². The molecule has 0 amide bonds. The van der Waals surface area contributed by atoms with Gasteiger partial charge in [-0.05, 0) is 35.2 Å². The largest absolute Gasteiger partial charge is 0.344 e. The third-order valence-corrected chi connectivity index (χ3v) is 3.98. The molecule has 5 heteroatoms. The van der Waals surface area contributed by atoms with E-state index in [4.69, 9.17) is 0 Å². The van der Waals surface area contributed by atoms with Gasteiger partial charge in [-0.1, -0.05) is 43.3 Å². The summed E-state index contributed by atoms with van der Waals surface area (Å²) >= 11 is 0. The fraction of sp³-hybridized carbons (Fsp3) is 0.105. The number of benzene rings is 2. The molecule has 3 N–H and O–H groups in total. The lowest BCUT2D eigenvalue weighted by atomic mass is 10.0. The van der Waals surface area contributed by atoms with Crippen LogP contribution in [0.5, 0.6) is 0 Å². The molecule has 0 aliphatic rings. The van der Waals surface area contributed by atoms with E-state index in [0.717, 1.165) is 23.3 Å². The van der Waals surface area contributed by atoms with Gasteiger partial charge in [0.2, 0.25) is 0 Å². The Labute approximate surface area is 140 Å². The molecule has 5 nitrogen and oxygen atoms in total. The first-order chi connectivity index (χ1) is 11.3. The maximum atomic E-state index is 4.39. The van der Waals surface area contributed by atoms with Crippen molar-refractivity contribution in [2.75, 3.05) is 0 Å². The lowest BCUT2D eigenvalue weighted by molar-refractivity contribution is 1.04. The van der Waals surface area contributed by atoms with Crippen LogP contribution in [0.3, 0.4) is 0 Å². The van der Waals surface area contributed by atoms with Crippen molar-refractivity contribution in [3.05, 3.63) is 72.9 Å². The van der Waals surface area contributed by atoms with Gasteiger partial charge in [0.15, 0.2) is 5.65 Å². The number of aryl methyl sites for hydroxylation is 1. The average molecular weight is 317 g/mol. The second kappa shape index (κ2) is 6.60. The third kappa shape index (κ3) is 2.77. The van der Waals surface area contributed by atoms with Crippen LogP contribution in [0.2, 0.25) is 0 Å². The highest BCUT2D eigenvalue weighted by molar-refractivity contribution is 5.73. The van der Waals surface area contributed by atoms with Crippen LogP contribution in [-0.2, 0) is 6.42 Å². The summed E-state index contributed by atoms with van der Waals surface area (Å²) in [6.45, 7) is 2.17. The second-order valence-electron chi connectivity index (χ2n) is 5.45. The quantitative estimate of drug-likeness (QED) is 0.614. The van der Waals surface area contributed by atoms with Crippen molar-refractivity contribution < 1.29 is 0 Å². The van der Waals surface area contributed by atoms with Crippen LogP contribution in [0, 0.1) is 0 Å². The van der Waals surface area contributed by atoms with Crippen LogP contribution in [0.15, 0.2) is 67.4 Å². The molecule has 4 rings (SSSR count). The van der Waals surface area contributed by atoms with Crippen LogP contribution < -0.4 is 6.15 Å². The molecule has 2 aromatic carbocycles. The van der Waals surface area contributed by atoms with Crippen molar-refractivity contribution in [3.8, 4) is 16.8 Å². The van der Waals surface area contributed by atoms with E-state index in [1.807, 2.05) is 17.0 Å². The van der Waals surface area contributed by atoms with Crippen LogP contribution >= 0.6 is 0 Å². The van der Waals surface area contributed by atoms with E-state index in [2.05, 4.69) is 64.3 Å². The molecule has 4 aromatic rings. The fourth-order valence-corrected chi connectivity index (χ4v) is 2.77. The molecule has 0 aliphatic carbocycles. The Bertz CT molecular complexity index is 960. The number of aromatic nitrogens is 4. The van der Waals surface area contributed by atoms with Gasteiger partial charge in [-0.25, -0.2) is 15.0 Å². The maximum absolute atomic E-state index is 4.39. The molecular formula is C19H19N5. The van der Waals surface area contributed by atoms with Gasteiger partial charge in [-0.2, -0.15) is 0 Å². The van der Waals surface area contributed by atoms with Gasteiger partial charge in [0.1, 0.15) is 18.2 Å². The van der Waals surface area contributed by atoms with Gasteiger partial charge >= 0.3 is 0 Å². The molecule has 0 aliphatic heterocycles. The number of nitrogens with zero attached hydrogens (tertiary/aromatic N) is 4. The number of fused-ring (bicyclic) bond motifs is 1. The average Bonchev–Trinajstić information content (AvgIpc) is 3.06. The normalized spacial score (nSPS) is 10.5. The van der Waals surface area contributed by atoms with Crippen LogP contribution in [-0.4, -0.2) is 19.5 Å². The van der Waals surface area contributed by atoms with Gasteiger partial charge < -0.3 is 6.15 Å². The summed E-state index contributed by atoms with van der Waals surface area (Å²) in [5, 5.41) is 0. The zero-order valence-electron chi connectivity index (χ0n) is 13.6. The van der Waals surface area contributed by atoms with Gasteiger partial charge in [0.05, 0.1) is 6.20 Å². The zero-order valence-corrected chi connectivity index (χ0v) is 13.6. The Kier molecular flexibility index (Phi) is 4.35. The SMILES string of the molecule is CCc1cc(-c2ccccc2)cc(-n2cnc3cncnc32)c1.N. The summed E-state index contributed by atoms with van der Waals surface area (Å²) in [5.74, 6) is 0. The summed E-state index contributed by atoms with van der Waals surface area (Å²) in [7, 11) is 0. The standard InChI is InChI=1S/C19H16N4.H3N/c1-2-14-8-16(15-6-4-3-5-7-15)10-17(9-14)23-13-22-18-11-20-12-21-19(18)23;/h3-13H,2H2,1H3;1H3. The molecule has 0 spiro atoms. The molecule has 0 bridgehead atoms. The predicted octanol–water partition coefficient (Wildman–Crippen LogP) is 4.21. The Morgan fingerprint density at radius 2 is 1.79 bits per heavy atom. The molecule has 0 radical (unpaired) electrons. The number of hydrogen-bond acceptors (Lipinski definition) is 4. The van der Waals surface area contributed by atoms with E-state index in [0.29, 0.717) is 0 Å². The third-order valence-electron chi connectivity index (χ3n) is 3.98. The lowest BCUT2D eigenvalue weighted by Crippen LogP contribution is -1.96. The monoisotopic (exact) mass is 317 g/mol. The lowest BCUT2D eigenvalue weighted by Gasteiger charge is -2.10. The van der Waals surface area contributed by atoms with Crippen LogP contribution in [0.25, 0.3) is 28.0 Å². The van der Waals surface area contributed by atoms with E-state index in [9.17, 15) is 0 Å². The molecule has 0 saturated carbocycles. The van der Waals surface area contributed by atoms with E-state index in [-0.39, 0.29) is 6.15 Å². The minimum absolute atomic E-state index is 0. The molecule has 120 valence electrons. The minimum Gasteiger partial charge on any atom is -0.344 e. The number of imidazole rings is 1. The summed E-state index contributed by atoms with van der Waals surface area (Å²) in [6, 6.07) is 17.0. The van der Waals surface area contributed by atoms with Crippen molar-refractivity contribution in [1.29, 1.82) is 0 Å². The van der Waals surface area contributed by atoms with Crippen molar-refractivity contribution >= 4 is 11.2 Å². The van der Waals surface area contributed by atoms with E-state index < -0.39 is 0 Å². The minimum atomic E-state index is 0. The highest BCUT2D eigenvalue weighted by Gasteiger charge is 2.08. The van der Waals surface area contributed by atoms with Crippen LogP contribution in [0.4, 0.5) is 0 Å². The molecular weight excluding hydrogens is 298 g/mol. The number of rotatable bonds is 3. The predicted molar refractivity (Wildman–Crippen MR) is 96.5 cm³/mol. The molecule has 0 saturated heterocycles. The van der Waals surface area contributed by atoms with Crippen molar-refractivity contribution in [2.24, 2.45) is 0 Å². The first-order valence-electron chi connectivity index (χ1n) is 7.68. The molecule has 2 aromatic heterocycles. The van der Waals surface area contributed by atoms with E-state index in [1.54, 1.807) is 12.5 Å². The highest BCUT2D eigenvalue weighted by atomic mass is 15.1. The Hall–Kier alpha value is -3.05. The van der Waals surface area contributed by atoms with Gasteiger partial charge in [-0.15, -0.1) is 0 Å². The second-order valence-corrected chi connectivity index (χ2v) is 5.45. The van der Waals surface area contributed by atoms with Gasteiger partial charge in [0, 0.05) is 5.69 Å². The molecule has 0 atom stereocenters. The number of hydrogen-bond donors (Lipinski definition) is 1. The summed E-state index contributed by atoms with van der Waals surface area (Å²) in [5.41, 5.74) is 6.41. The van der Waals surface area contributed by atoms with E-state index in [1.165, 1.54) is 16.7 Å². The zero-order chi connectivity index (χ0) is 15.6. The summed E-state index contributed by atoms with van der Waals surface area (Å²) < 4.78 is 2.02. The molecule has 2 heterocycles. The Morgan fingerprint density at radius 3 is 2.58 bits per heavy atom. The van der Waals surface area contributed by atoms with Crippen molar-refractivity contribution in [1.82, 2.24) is 25.7 Å². The molecule has 24 heavy (non-hydrogen) atoms. The Morgan fingerprint density at radius 1 is 0.958 bits per heavy atom. The summed E-state index contributed by atoms with van der Waals surface area (Å²) in [6.07, 6.45) is 6.08. The smallest absolute Gasteiger partial charge is 0.167 e. The first-order valence-corrected chi connectivity index (χ1v) is 7.68. The first kappa shape index (κ1) is 15.8. The van der Waals surface area contributed by atoms with Gasteiger partial charge in [0.25, 0.3) is 0 Å². The summed E-state index contributed by atoms with van der Waals surface area (Å²) in [4.78, 5) is 12.8. The van der Waals surface area contributed by atoms with Crippen molar-refractivity contribution in [2.45, 2.75) is 13.3 Å². The van der Waals surface area contributed by atoms with Crippen LogP contribution in [0.1, 0.15) is 12.5 Å². The fourth-order valence-electron chi connectivity index (χ4n) is 2.77. The maximum Gasteiger partial charge on any atom is 0.167 e. The topological polar surface area (TPSA) is 78.6 Å². The Balaban J connectivity index is 0.00000169.